The highest BCUT2D eigenvalue weighted by Crippen LogP contribution is 2.36. The average molecular weight is 400 g/mol. The Morgan fingerprint density at radius 2 is 1.93 bits per heavy atom. The van der Waals surface area contributed by atoms with Gasteiger partial charge < -0.3 is 18.6 Å². The van der Waals surface area contributed by atoms with Crippen LogP contribution in [0.5, 0.6) is 17.2 Å². The first-order chi connectivity index (χ1) is 14.6. The molecule has 0 saturated carbocycles. The van der Waals surface area contributed by atoms with Gasteiger partial charge in [0, 0.05) is 11.6 Å². The van der Waals surface area contributed by atoms with E-state index in [1.54, 1.807) is 24.3 Å². The second-order valence-corrected chi connectivity index (χ2v) is 6.91. The molecular formula is C24H16O6. The molecule has 0 N–H and O–H groups in total. The standard InChI is InChI=1S/C24H16O6/c1-14-16(11-15-5-2-3-6-19(15)28-14)12-22-23(25)18-9-8-17(13-21(18)30-22)29-24(26)20-7-4-10-27-20/h2-14H,1H3. The van der Waals surface area contributed by atoms with Crippen LogP contribution in [0.3, 0.4) is 0 Å². The Labute approximate surface area is 172 Å². The molecule has 0 aliphatic carbocycles. The van der Waals surface area contributed by atoms with E-state index < -0.39 is 5.97 Å². The summed E-state index contributed by atoms with van der Waals surface area (Å²) in [5, 5.41) is 0. The number of benzene rings is 2. The first-order valence-corrected chi connectivity index (χ1v) is 9.40. The van der Waals surface area contributed by atoms with Crippen LogP contribution in [-0.2, 0) is 0 Å². The monoisotopic (exact) mass is 400 g/mol. The number of allylic oxidation sites excluding steroid dienone is 1. The maximum atomic E-state index is 12.8. The lowest BCUT2D eigenvalue weighted by atomic mass is 10.0. The molecule has 3 heterocycles. The Morgan fingerprint density at radius 3 is 2.77 bits per heavy atom. The molecule has 0 fully saturated rings. The molecule has 0 saturated heterocycles. The minimum Gasteiger partial charge on any atom is -0.485 e. The van der Waals surface area contributed by atoms with E-state index in [9.17, 15) is 9.59 Å². The molecule has 2 aliphatic rings. The van der Waals surface area contributed by atoms with Gasteiger partial charge >= 0.3 is 5.97 Å². The van der Waals surface area contributed by atoms with Gasteiger partial charge in [0.05, 0.1) is 11.8 Å². The van der Waals surface area contributed by atoms with Gasteiger partial charge in [-0.3, -0.25) is 4.79 Å². The van der Waals surface area contributed by atoms with E-state index in [4.69, 9.17) is 18.6 Å². The van der Waals surface area contributed by atoms with Crippen molar-refractivity contribution in [1.29, 1.82) is 0 Å². The average Bonchev–Trinajstić information content (AvgIpc) is 3.38. The Kier molecular flexibility index (Phi) is 4.25. The van der Waals surface area contributed by atoms with Crippen LogP contribution in [0.25, 0.3) is 6.08 Å². The molecule has 3 aromatic rings. The molecule has 0 amide bonds. The van der Waals surface area contributed by atoms with Crippen LogP contribution in [0.1, 0.15) is 33.4 Å². The number of rotatable bonds is 3. The summed E-state index contributed by atoms with van der Waals surface area (Å²) >= 11 is 0. The van der Waals surface area contributed by atoms with Crippen molar-refractivity contribution in [1.82, 2.24) is 0 Å². The largest absolute Gasteiger partial charge is 0.485 e. The van der Waals surface area contributed by atoms with Crippen molar-refractivity contribution in [3.63, 3.8) is 0 Å². The van der Waals surface area contributed by atoms with Gasteiger partial charge in [0.2, 0.25) is 11.5 Å². The predicted octanol–water partition coefficient (Wildman–Crippen LogP) is 4.82. The van der Waals surface area contributed by atoms with Gasteiger partial charge in [0.25, 0.3) is 0 Å². The van der Waals surface area contributed by atoms with Crippen molar-refractivity contribution >= 4 is 17.8 Å². The van der Waals surface area contributed by atoms with Gasteiger partial charge in [-0.15, -0.1) is 0 Å². The number of fused-ring (bicyclic) bond motifs is 2. The molecule has 2 aromatic carbocycles. The molecule has 1 aromatic heterocycles. The Bertz CT molecular complexity index is 1220. The fourth-order valence-electron chi connectivity index (χ4n) is 3.36. The number of carbonyl (C=O) groups excluding carboxylic acids is 2. The summed E-state index contributed by atoms with van der Waals surface area (Å²) in [6.07, 6.45) is 4.84. The number of hydrogen-bond acceptors (Lipinski definition) is 6. The number of hydrogen-bond donors (Lipinski definition) is 0. The minimum atomic E-state index is -0.628. The minimum absolute atomic E-state index is 0.0894. The van der Waals surface area contributed by atoms with Crippen LogP contribution in [0.2, 0.25) is 0 Å². The third-order valence-corrected chi connectivity index (χ3v) is 4.89. The van der Waals surface area contributed by atoms with E-state index in [0.29, 0.717) is 11.3 Å². The molecule has 5 rings (SSSR count). The van der Waals surface area contributed by atoms with E-state index in [1.807, 2.05) is 37.3 Å². The van der Waals surface area contributed by atoms with Gasteiger partial charge in [-0.05, 0) is 55.0 Å². The summed E-state index contributed by atoms with van der Waals surface area (Å²) in [5.41, 5.74) is 2.18. The zero-order valence-electron chi connectivity index (χ0n) is 16.0. The number of Topliss-reactive ketones (excluding diaryl/α,β-unsaturated/α-hetero) is 1. The molecule has 6 nitrogen and oxygen atoms in total. The molecule has 6 heteroatoms. The van der Waals surface area contributed by atoms with Crippen molar-refractivity contribution in [2.45, 2.75) is 13.0 Å². The van der Waals surface area contributed by atoms with Crippen LogP contribution < -0.4 is 14.2 Å². The summed E-state index contributed by atoms with van der Waals surface area (Å²) in [5.74, 6) is 0.815. The Hall–Kier alpha value is -4.06. The molecule has 0 radical (unpaired) electrons. The Morgan fingerprint density at radius 1 is 1.07 bits per heavy atom. The van der Waals surface area contributed by atoms with Gasteiger partial charge in [-0.1, -0.05) is 18.2 Å². The van der Waals surface area contributed by atoms with Crippen LogP contribution in [0.4, 0.5) is 0 Å². The summed E-state index contributed by atoms with van der Waals surface area (Å²) in [6.45, 7) is 1.91. The quantitative estimate of drug-likeness (QED) is 0.356. The Balaban J connectivity index is 1.40. The fourth-order valence-corrected chi connectivity index (χ4v) is 3.36. The molecule has 1 unspecified atom stereocenters. The van der Waals surface area contributed by atoms with E-state index in [2.05, 4.69) is 0 Å². The smallest absolute Gasteiger partial charge is 0.379 e. The highest BCUT2D eigenvalue weighted by Gasteiger charge is 2.29. The summed E-state index contributed by atoms with van der Waals surface area (Å²) in [6, 6.07) is 15.4. The van der Waals surface area contributed by atoms with E-state index in [0.717, 1.165) is 16.9 Å². The lowest BCUT2D eigenvalue weighted by Crippen LogP contribution is -2.18. The van der Waals surface area contributed by atoms with E-state index >= 15 is 0 Å². The molecule has 30 heavy (non-hydrogen) atoms. The van der Waals surface area contributed by atoms with Gasteiger partial charge in [-0.25, -0.2) is 4.79 Å². The maximum Gasteiger partial charge on any atom is 0.379 e. The maximum absolute atomic E-state index is 12.8. The number of carbonyl (C=O) groups is 2. The lowest BCUT2D eigenvalue weighted by molar-refractivity contribution is 0.0701. The molecule has 0 bridgehead atoms. The zero-order chi connectivity index (χ0) is 20.7. The highest BCUT2D eigenvalue weighted by atomic mass is 16.5. The van der Waals surface area contributed by atoms with Crippen molar-refractivity contribution in [2.24, 2.45) is 0 Å². The third-order valence-electron chi connectivity index (χ3n) is 4.89. The predicted molar refractivity (Wildman–Crippen MR) is 108 cm³/mol. The van der Waals surface area contributed by atoms with Crippen molar-refractivity contribution in [3.8, 4) is 17.2 Å². The van der Waals surface area contributed by atoms with Gasteiger partial charge in [-0.2, -0.15) is 0 Å². The van der Waals surface area contributed by atoms with Crippen molar-refractivity contribution in [3.05, 3.63) is 95.2 Å². The van der Waals surface area contributed by atoms with Crippen molar-refractivity contribution < 1.29 is 28.2 Å². The fraction of sp³-hybridized carbons (Fsp3) is 0.0833. The summed E-state index contributed by atoms with van der Waals surface area (Å²) in [4.78, 5) is 24.8. The van der Waals surface area contributed by atoms with E-state index in [1.165, 1.54) is 18.4 Å². The first kappa shape index (κ1) is 18.0. The lowest BCUT2D eigenvalue weighted by Gasteiger charge is -2.22. The molecular weight excluding hydrogens is 384 g/mol. The summed E-state index contributed by atoms with van der Waals surface area (Å²) in [7, 11) is 0. The zero-order valence-corrected chi connectivity index (χ0v) is 16.0. The third kappa shape index (κ3) is 3.18. The number of ether oxygens (including phenoxy) is 3. The van der Waals surface area contributed by atoms with Crippen LogP contribution >= 0.6 is 0 Å². The van der Waals surface area contributed by atoms with Crippen LogP contribution in [-0.4, -0.2) is 17.9 Å². The van der Waals surface area contributed by atoms with Crippen molar-refractivity contribution in [2.75, 3.05) is 0 Å². The SMILES string of the molecule is CC1Oc2ccccc2C=C1C=C1Oc2cc(OC(=O)c3ccco3)ccc2C1=O. The second kappa shape index (κ2) is 7.08. The number of para-hydroxylation sites is 1. The molecule has 148 valence electrons. The number of ketones is 1. The first-order valence-electron chi connectivity index (χ1n) is 9.40. The molecule has 1 atom stereocenters. The highest BCUT2D eigenvalue weighted by molar-refractivity contribution is 6.12. The second-order valence-electron chi connectivity index (χ2n) is 6.91. The number of esters is 1. The van der Waals surface area contributed by atoms with E-state index in [-0.39, 0.29) is 29.2 Å². The molecule has 2 aliphatic heterocycles. The van der Waals surface area contributed by atoms with Gasteiger partial charge in [0.15, 0.2) is 5.76 Å². The number of furan rings is 1. The van der Waals surface area contributed by atoms with Crippen LogP contribution in [0.15, 0.2) is 82.7 Å². The van der Waals surface area contributed by atoms with Crippen LogP contribution in [0, 0.1) is 0 Å². The normalized spacial score (nSPS) is 18.2. The topological polar surface area (TPSA) is 75.0 Å². The van der Waals surface area contributed by atoms with Gasteiger partial charge in [0.1, 0.15) is 23.4 Å². The summed E-state index contributed by atoms with van der Waals surface area (Å²) < 4.78 is 22.0. The molecule has 0 spiro atoms.